The van der Waals surface area contributed by atoms with Gasteiger partial charge in [-0.2, -0.15) is 0 Å². The Bertz CT molecular complexity index is 1190. The molecule has 32 heavy (non-hydrogen) atoms. The average Bonchev–Trinajstić information content (AvgIpc) is 3.05. The summed E-state index contributed by atoms with van der Waals surface area (Å²) in [6, 6.07) is 13.2. The van der Waals surface area contributed by atoms with E-state index in [2.05, 4.69) is 5.32 Å². The molecule has 1 aliphatic heterocycles. The fourth-order valence-corrected chi connectivity index (χ4v) is 4.64. The maximum atomic E-state index is 13.3. The summed E-state index contributed by atoms with van der Waals surface area (Å²) in [6.45, 7) is 6.44. The van der Waals surface area contributed by atoms with Crippen molar-refractivity contribution in [2.75, 3.05) is 13.2 Å². The van der Waals surface area contributed by atoms with Gasteiger partial charge in [-0.3, -0.25) is 9.59 Å². The Kier molecular flexibility index (Phi) is 5.77. The van der Waals surface area contributed by atoms with Crippen molar-refractivity contribution in [2.45, 2.75) is 32.2 Å². The zero-order chi connectivity index (χ0) is 23.2. The number of hydrogen-bond donors (Lipinski definition) is 2. The topological polar surface area (TPSA) is 80.6 Å². The number of aromatic nitrogens is 1. The lowest BCUT2D eigenvalue weighted by Gasteiger charge is -2.42. The zero-order valence-electron chi connectivity index (χ0n) is 18.6. The normalized spacial score (nSPS) is 16.1. The predicted molar refractivity (Wildman–Crippen MR) is 124 cm³/mol. The van der Waals surface area contributed by atoms with E-state index < -0.39 is 17.4 Å². The first-order valence-corrected chi connectivity index (χ1v) is 11.0. The first-order chi connectivity index (χ1) is 15.1. The lowest BCUT2D eigenvalue weighted by Crippen LogP contribution is -2.59. The molecule has 1 amide bonds. The molecule has 1 saturated heterocycles. The molecule has 3 aromatic rings. The number of aryl methyl sites for hydroxylation is 2. The molecule has 0 aliphatic carbocycles. The summed E-state index contributed by atoms with van der Waals surface area (Å²) >= 11 is 6.46. The molecule has 4 rings (SSSR count). The van der Waals surface area contributed by atoms with Crippen LogP contribution in [0.15, 0.2) is 42.5 Å². The summed E-state index contributed by atoms with van der Waals surface area (Å²) in [5.74, 6) is -1.65. The van der Waals surface area contributed by atoms with Gasteiger partial charge in [0.05, 0.1) is 24.2 Å². The van der Waals surface area contributed by atoms with Crippen LogP contribution in [0.2, 0.25) is 5.02 Å². The molecule has 1 atom stereocenters. The van der Waals surface area contributed by atoms with Crippen LogP contribution >= 0.6 is 11.6 Å². The van der Waals surface area contributed by atoms with E-state index in [1.807, 2.05) is 74.9 Å². The molecular weight excluding hydrogens is 428 g/mol. The number of rotatable bonds is 6. The fraction of sp³-hybridized carbons (Fsp3) is 0.360. The van der Waals surface area contributed by atoms with Crippen molar-refractivity contribution in [2.24, 2.45) is 13.0 Å². The van der Waals surface area contributed by atoms with Crippen LogP contribution in [0.4, 0.5) is 0 Å². The molecule has 0 spiro atoms. The number of carboxylic acids is 1. The number of amides is 1. The monoisotopic (exact) mass is 454 g/mol. The van der Waals surface area contributed by atoms with E-state index in [1.54, 1.807) is 0 Å². The summed E-state index contributed by atoms with van der Waals surface area (Å²) in [7, 11) is 1.85. The largest absolute Gasteiger partial charge is 0.481 e. The minimum absolute atomic E-state index is 0.0269. The fourth-order valence-electron chi connectivity index (χ4n) is 4.42. The molecule has 0 unspecified atom stereocenters. The summed E-state index contributed by atoms with van der Waals surface area (Å²) in [6.07, 6.45) is 0. The van der Waals surface area contributed by atoms with E-state index in [0.29, 0.717) is 23.9 Å². The second-order valence-corrected chi connectivity index (χ2v) is 9.31. The van der Waals surface area contributed by atoms with Gasteiger partial charge >= 0.3 is 5.97 Å². The van der Waals surface area contributed by atoms with E-state index in [1.165, 1.54) is 0 Å². The number of halogens is 1. The Labute approximate surface area is 192 Å². The molecule has 168 valence electrons. The van der Waals surface area contributed by atoms with Crippen LogP contribution in [-0.2, 0) is 22.1 Å². The Balaban J connectivity index is 1.63. The van der Waals surface area contributed by atoms with Crippen molar-refractivity contribution in [1.29, 1.82) is 0 Å². The predicted octanol–water partition coefficient (Wildman–Crippen LogP) is 4.62. The SMILES string of the molecule is Cc1ccc2c(cc(C(=O)NC3(c4ccc([C@H](C(=O)O)C(C)C)cc4)COC3)n2C)c1Cl. The van der Waals surface area contributed by atoms with Crippen molar-refractivity contribution in [3.05, 3.63) is 69.9 Å². The summed E-state index contributed by atoms with van der Waals surface area (Å²) in [4.78, 5) is 24.9. The number of carbonyl (C=O) groups is 2. The third-order valence-corrected chi connectivity index (χ3v) is 6.89. The molecule has 0 radical (unpaired) electrons. The van der Waals surface area contributed by atoms with Crippen LogP contribution < -0.4 is 5.32 Å². The number of hydrogen-bond acceptors (Lipinski definition) is 3. The van der Waals surface area contributed by atoms with Crippen molar-refractivity contribution < 1.29 is 19.4 Å². The highest BCUT2D eigenvalue weighted by Gasteiger charge is 2.42. The summed E-state index contributed by atoms with van der Waals surface area (Å²) in [5, 5.41) is 14.2. The molecule has 6 nitrogen and oxygen atoms in total. The molecule has 7 heteroatoms. The van der Waals surface area contributed by atoms with Crippen LogP contribution in [0.5, 0.6) is 0 Å². The number of benzene rings is 2. The maximum Gasteiger partial charge on any atom is 0.311 e. The lowest BCUT2D eigenvalue weighted by molar-refractivity contribution is -0.139. The van der Waals surface area contributed by atoms with Crippen molar-refractivity contribution in [1.82, 2.24) is 9.88 Å². The van der Waals surface area contributed by atoms with Gasteiger partial charge in [0.1, 0.15) is 11.2 Å². The van der Waals surface area contributed by atoms with Gasteiger partial charge in [0, 0.05) is 18.0 Å². The number of fused-ring (bicyclic) bond motifs is 1. The van der Waals surface area contributed by atoms with E-state index in [-0.39, 0.29) is 11.8 Å². The van der Waals surface area contributed by atoms with E-state index in [0.717, 1.165) is 27.6 Å². The molecule has 0 saturated carbocycles. The van der Waals surface area contributed by atoms with E-state index in [9.17, 15) is 14.7 Å². The Morgan fingerprint density at radius 1 is 1.16 bits per heavy atom. The number of aliphatic carboxylic acids is 1. The summed E-state index contributed by atoms with van der Waals surface area (Å²) in [5.41, 5.74) is 3.35. The third kappa shape index (κ3) is 3.67. The van der Waals surface area contributed by atoms with E-state index in [4.69, 9.17) is 16.3 Å². The van der Waals surface area contributed by atoms with Gasteiger partial charge < -0.3 is 19.7 Å². The second kappa shape index (κ2) is 8.26. The van der Waals surface area contributed by atoms with Gasteiger partial charge in [-0.25, -0.2) is 0 Å². The van der Waals surface area contributed by atoms with Gasteiger partial charge in [0.2, 0.25) is 0 Å². The van der Waals surface area contributed by atoms with Crippen molar-refractivity contribution in [3.8, 4) is 0 Å². The van der Waals surface area contributed by atoms with Crippen LogP contribution in [0, 0.1) is 12.8 Å². The van der Waals surface area contributed by atoms with Crippen LogP contribution in [-0.4, -0.2) is 34.8 Å². The van der Waals surface area contributed by atoms with Crippen molar-refractivity contribution >= 4 is 34.4 Å². The van der Waals surface area contributed by atoms with Gasteiger partial charge in [-0.1, -0.05) is 55.8 Å². The van der Waals surface area contributed by atoms with E-state index >= 15 is 0 Å². The van der Waals surface area contributed by atoms with Gasteiger partial charge in [-0.15, -0.1) is 0 Å². The van der Waals surface area contributed by atoms with Crippen LogP contribution in [0.1, 0.15) is 46.9 Å². The highest BCUT2D eigenvalue weighted by Crippen LogP contribution is 2.34. The molecule has 2 N–H and O–H groups in total. The Hall–Kier alpha value is -2.83. The molecule has 2 aromatic carbocycles. The first kappa shape index (κ1) is 22.4. The number of carbonyl (C=O) groups excluding carboxylic acids is 1. The molecular formula is C25H27ClN2O4. The Morgan fingerprint density at radius 2 is 1.81 bits per heavy atom. The lowest BCUT2D eigenvalue weighted by atomic mass is 9.84. The molecule has 1 aromatic heterocycles. The maximum absolute atomic E-state index is 13.3. The summed E-state index contributed by atoms with van der Waals surface area (Å²) < 4.78 is 7.31. The Morgan fingerprint density at radius 3 is 2.34 bits per heavy atom. The molecule has 2 heterocycles. The minimum atomic E-state index is -0.840. The second-order valence-electron chi connectivity index (χ2n) is 8.93. The van der Waals surface area contributed by atoms with Gasteiger partial charge in [0.15, 0.2) is 0 Å². The quantitative estimate of drug-likeness (QED) is 0.569. The number of ether oxygens (including phenoxy) is 1. The smallest absolute Gasteiger partial charge is 0.311 e. The average molecular weight is 455 g/mol. The van der Waals surface area contributed by atoms with Crippen LogP contribution in [0.3, 0.4) is 0 Å². The van der Waals surface area contributed by atoms with Crippen LogP contribution in [0.25, 0.3) is 10.9 Å². The number of carboxylic acid groups (broad SMARTS) is 1. The minimum Gasteiger partial charge on any atom is -0.481 e. The van der Waals surface area contributed by atoms with Gasteiger partial charge in [0.25, 0.3) is 5.91 Å². The number of nitrogens with one attached hydrogen (secondary N) is 1. The highest BCUT2D eigenvalue weighted by atomic mass is 35.5. The molecule has 0 bridgehead atoms. The van der Waals surface area contributed by atoms with Crippen molar-refractivity contribution in [3.63, 3.8) is 0 Å². The first-order valence-electron chi connectivity index (χ1n) is 10.6. The molecule has 1 aliphatic rings. The highest BCUT2D eigenvalue weighted by molar-refractivity contribution is 6.36. The molecule has 1 fully saturated rings. The number of nitrogens with zero attached hydrogens (tertiary/aromatic N) is 1. The zero-order valence-corrected chi connectivity index (χ0v) is 19.4. The van der Waals surface area contributed by atoms with Gasteiger partial charge in [-0.05, 0) is 41.7 Å². The standard InChI is InChI=1S/C25H27ClN2O4/c1-14(2)21(24(30)31)16-6-8-17(9-7-16)25(12-32-13-25)27-23(29)20-11-18-19(28(20)4)10-5-15(3)22(18)26/h5-11,14,21H,12-13H2,1-4H3,(H,27,29)(H,30,31)/t21-/m1/s1. The third-order valence-electron chi connectivity index (χ3n) is 6.39.